The van der Waals surface area contributed by atoms with E-state index in [-0.39, 0.29) is 17.3 Å². The highest BCUT2D eigenvalue weighted by Gasteiger charge is 2.71. The zero-order valence-corrected chi connectivity index (χ0v) is 20.5. The maximum Gasteiger partial charge on any atom is 0.180 e. The number of ketones is 3. The molecule has 0 N–H and O–H groups in total. The molecule has 3 unspecified atom stereocenters. The van der Waals surface area contributed by atoms with Crippen molar-refractivity contribution in [2.75, 3.05) is 4.90 Å². The molecule has 1 fully saturated rings. The van der Waals surface area contributed by atoms with E-state index in [1.807, 2.05) is 53.5 Å². The van der Waals surface area contributed by atoms with E-state index in [2.05, 4.69) is 15.9 Å². The molecule has 4 nitrogen and oxygen atoms in total. The van der Waals surface area contributed by atoms with Gasteiger partial charge < -0.3 is 4.90 Å². The summed E-state index contributed by atoms with van der Waals surface area (Å²) >= 11 is 9.73. The van der Waals surface area contributed by atoms with Gasteiger partial charge >= 0.3 is 0 Å². The summed E-state index contributed by atoms with van der Waals surface area (Å²) in [5.74, 6) is -1.19. The lowest BCUT2D eigenvalue weighted by Crippen LogP contribution is -2.48. The fourth-order valence-corrected chi connectivity index (χ4v) is 6.59. The average molecular weight is 533 g/mol. The number of carbonyl (C=O) groups excluding carboxylic acids is 3. The molecule has 3 aromatic rings. The molecule has 0 amide bonds. The molecular formula is C28H19BrClNO3. The molecule has 0 bridgehead atoms. The molecule has 2 heterocycles. The normalized spacial score (nSPS) is 23.7. The first-order valence-corrected chi connectivity index (χ1v) is 12.2. The van der Waals surface area contributed by atoms with Crippen molar-refractivity contribution in [3.8, 4) is 0 Å². The van der Waals surface area contributed by atoms with Crippen LogP contribution in [0.3, 0.4) is 0 Å². The minimum atomic E-state index is -1.44. The highest BCUT2D eigenvalue weighted by Crippen LogP contribution is 2.60. The van der Waals surface area contributed by atoms with E-state index < -0.39 is 23.4 Å². The molecule has 1 aliphatic carbocycles. The number of benzene rings is 3. The lowest BCUT2D eigenvalue weighted by atomic mass is 9.64. The summed E-state index contributed by atoms with van der Waals surface area (Å²) in [6.45, 7) is 1.54. The standard InChI is InChI=1S/C28H19BrClNO3/c1-15(32)25-24(16-6-9-18(29)10-7-16)28(26(33)20-4-2-3-5-21(20)27(28)34)23-13-8-17-14-19(30)11-12-22(17)31(23)25/h2-14,23-25H,1H3. The molecule has 1 saturated heterocycles. The lowest BCUT2D eigenvalue weighted by Gasteiger charge is -2.37. The summed E-state index contributed by atoms with van der Waals surface area (Å²) in [6, 6.07) is 18.8. The van der Waals surface area contributed by atoms with Crippen molar-refractivity contribution in [3.05, 3.63) is 105 Å². The number of anilines is 1. The molecule has 2 aliphatic heterocycles. The van der Waals surface area contributed by atoms with Gasteiger partial charge in [-0.2, -0.15) is 0 Å². The van der Waals surface area contributed by atoms with Gasteiger partial charge in [0.15, 0.2) is 17.3 Å². The van der Waals surface area contributed by atoms with Crippen LogP contribution in [0.15, 0.2) is 77.3 Å². The number of carbonyl (C=O) groups is 3. The Labute approximate surface area is 210 Å². The molecule has 0 aromatic heterocycles. The Morgan fingerprint density at radius 3 is 2.24 bits per heavy atom. The van der Waals surface area contributed by atoms with Crippen LogP contribution in [0.5, 0.6) is 0 Å². The Kier molecular flexibility index (Phi) is 4.74. The molecule has 3 atom stereocenters. The zero-order chi connectivity index (χ0) is 23.8. The van der Waals surface area contributed by atoms with E-state index in [0.717, 1.165) is 21.3 Å². The van der Waals surface area contributed by atoms with E-state index in [1.54, 1.807) is 30.3 Å². The van der Waals surface area contributed by atoms with Crippen molar-refractivity contribution >= 4 is 56.6 Å². The molecule has 3 aliphatic rings. The van der Waals surface area contributed by atoms with Gasteiger partial charge in [-0.1, -0.05) is 76.1 Å². The summed E-state index contributed by atoms with van der Waals surface area (Å²) in [5.41, 5.74) is 1.85. The van der Waals surface area contributed by atoms with Crippen molar-refractivity contribution in [3.63, 3.8) is 0 Å². The van der Waals surface area contributed by atoms with Crippen LogP contribution in [-0.2, 0) is 4.79 Å². The van der Waals surface area contributed by atoms with Gasteiger partial charge in [-0.3, -0.25) is 14.4 Å². The van der Waals surface area contributed by atoms with Gasteiger partial charge in [0.2, 0.25) is 0 Å². The van der Waals surface area contributed by atoms with Crippen molar-refractivity contribution < 1.29 is 14.4 Å². The first kappa shape index (κ1) is 21.5. The third-order valence-electron chi connectivity index (χ3n) is 7.41. The number of nitrogens with zero attached hydrogens (tertiary/aromatic N) is 1. The summed E-state index contributed by atoms with van der Waals surface area (Å²) in [5, 5.41) is 0.583. The molecule has 6 rings (SSSR count). The second-order valence-corrected chi connectivity index (χ2v) is 10.4. The van der Waals surface area contributed by atoms with Gasteiger partial charge in [0.05, 0.1) is 12.1 Å². The molecule has 0 saturated carbocycles. The molecule has 1 spiro atoms. The quantitative estimate of drug-likeness (QED) is 0.373. The summed E-state index contributed by atoms with van der Waals surface area (Å²) in [7, 11) is 0. The molecular weight excluding hydrogens is 514 g/mol. The number of hydrogen-bond donors (Lipinski definition) is 0. The van der Waals surface area contributed by atoms with Gasteiger partial charge in [-0.15, -0.1) is 0 Å². The summed E-state index contributed by atoms with van der Waals surface area (Å²) < 4.78 is 0.882. The second-order valence-electron chi connectivity index (χ2n) is 9.07. The van der Waals surface area contributed by atoms with Crippen LogP contribution in [0, 0.1) is 5.41 Å². The topological polar surface area (TPSA) is 54.5 Å². The number of hydrogen-bond acceptors (Lipinski definition) is 4. The van der Waals surface area contributed by atoms with E-state index in [9.17, 15) is 14.4 Å². The van der Waals surface area contributed by atoms with E-state index in [1.165, 1.54) is 6.92 Å². The largest absolute Gasteiger partial charge is 0.352 e. The van der Waals surface area contributed by atoms with Crippen LogP contribution < -0.4 is 4.90 Å². The Hall–Kier alpha value is -3.02. The Morgan fingerprint density at radius 2 is 1.62 bits per heavy atom. The van der Waals surface area contributed by atoms with Gasteiger partial charge in [-0.25, -0.2) is 0 Å². The molecule has 3 aromatic carbocycles. The zero-order valence-electron chi connectivity index (χ0n) is 18.2. The lowest BCUT2D eigenvalue weighted by molar-refractivity contribution is -0.118. The van der Waals surface area contributed by atoms with E-state index in [0.29, 0.717) is 16.1 Å². The van der Waals surface area contributed by atoms with Gasteiger partial charge in [0.1, 0.15) is 5.41 Å². The van der Waals surface area contributed by atoms with Gasteiger partial charge in [-0.05, 0) is 48.4 Å². The first-order chi connectivity index (χ1) is 16.4. The van der Waals surface area contributed by atoms with Crippen LogP contribution in [-0.4, -0.2) is 29.4 Å². The van der Waals surface area contributed by atoms with Crippen LogP contribution in [0.2, 0.25) is 5.02 Å². The fraction of sp³-hybridized carbons (Fsp3) is 0.179. The SMILES string of the molecule is CC(=O)C1C(c2ccc(Br)cc2)C2(C(=O)c3ccccc3C2=O)C2C=Cc3cc(Cl)ccc3N12. The first-order valence-electron chi connectivity index (χ1n) is 11.1. The van der Waals surface area contributed by atoms with Crippen LogP contribution in [0.25, 0.3) is 6.08 Å². The summed E-state index contributed by atoms with van der Waals surface area (Å²) in [6.07, 6.45) is 3.81. The second kappa shape index (κ2) is 7.49. The predicted molar refractivity (Wildman–Crippen MR) is 136 cm³/mol. The van der Waals surface area contributed by atoms with Crippen molar-refractivity contribution in [2.45, 2.75) is 24.9 Å². The Morgan fingerprint density at radius 1 is 0.971 bits per heavy atom. The van der Waals surface area contributed by atoms with Crippen LogP contribution in [0.1, 0.15) is 44.7 Å². The molecule has 34 heavy (non-hydrogen) atoms. The third kappa shape index (κ3) is 2.68. The Bertz CT molecular complexity index is 1390. The van der Waals surface area contributed by atoms with E-state index >= 15 is 0 Å². The van der Waals surface area contributed by atoms with Gasteiger partial charge in [0.25, 0.3) is 0 Å². The van der Waals surface area contributed by atoms with Crippen LogP contribution in [0.4, 0.5) is 5.69 Å². The molecule has 6 heteroatoms. The number of fused-ring (bicyclic) bond motifs is 5. The van der Waals surface area contributed by atoms with E-state index in [4.69, 9.17) is 11.6 Å². The third-order valence-corrected chi connectivity index (χ3v) is 8.18. The highest BCUT2D eigenvalue weighted by molar-refractivity contribution is 9.10. The van der Waals surface area contributed by atoms with Gasteiger partial charge in [0, 0.05) is 32.2 Å². The minimum Gasteiger partial charge on any atom is -0.352 e. The number of rotatable bonds is 2. The van der Waals surface area contributed by atoms with Crippen molar-refractivity contribution in [1.82, 2.24) is 0 Å². The number of Topliss-reactive ketones (excluding diaryl/α,β-unsaturated/α-hetero) is 3. The highest BCUT2D eigenvalue weighted by atomic mass is 79.9. The maximum absolute atomic E-state index is 14.2. The molecule has 0 radical (unpaired) electrons. The Balaban J connectivity index is 1.68. The number of halogens is 2. The smallest absolute Gasteiger partial charge is 0.180 e. The average Bonchev–Trinajstić information content (AvgIpc) is 3.26. The maximum atomic E-state index is 14.2. The predicted octanol–water partition coefficient (Wildman–Crippen LogP) is 6.12. The van der Waals surface area contributed by atoms with Crippen LogP contribution >= 0.6 is 27.5 Å². The molecule has 168 valence electrons. The summed E-state index contributed by atoms with van der Waals surface area (Å²) in [4.78, 5) is 43.8. The monoisotopic (exact) mass is 531 g/mol. The minimum absolute atomic E-state index is 0.0949. The van der Waals surface area contributed by atoms with Crippen molar-refractivity contribution in [2.24, 2.45) is 5.41 Å². The fourth-order valence-electron chi connectivity index (χ4n) is 6.14. The van der Waals surface area contributed by atoms with Crippen molar-refractivity contribution in [1.29, 1.82) is 0 Å².